The second-order valence-electron chi connectivity index (χ2n) is 23.6. The molecule has 24 atom stereocenters. The standard InChI is InChI=1S/C58H84O26/c1-22(2)57(69)84-56-28(8)77-43(20-58(56,10)70)81-37-18-41(74-25(5)48(37)65)80-36-17-39(73-21-34(36)62)83-55-32(54(72-12)51(68)47(64)24(4)59)14-30-13-31-15-35(23(3)46(63)44(31)49(66)45(30)50(55)67)79-42-19-38(53(27(7)76-42)78-29(9)60)82-40-16-33(61)52(71-11)26(6)75-40/h13,15,22,24-28,32-34,36-43,47-48,52-56,59,61-66,70H,14,16-21H2,1-12H3. The van der Waals surface area contributed by atoms with Crippen LogP contribution in [0.25, 0.3) is 10.8 Å². The minimum Gasteiger partial charge on any atom is -0.507 e. The summed E-state index contributed by atoms with van der Waals surface area (Å²) in [6.45, 7) is 15.0. The third kappa shape index (κ3) is 14.2. The molecule has 84 heavy (non-hydrogen) atoms. The number of fused-ring (bicyclic) bond motifs is 2. The summed E-state index contributed by atoms with van der Waals surface area (Å²) in [5.74, 6) is -5.66. The Kier molecular flexibility index (Phi) is 21.1. The van der Waals surface area contributed by atoms with Crippen LogP contribution in [0.1, 0.15) is 116 Å². The first-order valence-electron chi connectivity index (χ1n) is 28.7. The Labute approximate surface area is 486 Å². The Morgan fingerprint density at radius 3 is 1.96 bits per heavy atom. The van der Waals surface area contributed by atoms with Crippen LogP contribution in [0.4, 0.5) is 0 Å². The normalized spacial score (nSPS) is 38.6. The van der Waals surface area contributed by atoms with Crippen LogP contribution in [0.5, 0.6) is 17.2 Å². The highest BCUT2D eigenvalue weighted by molar-refractivity contribution is 6.11. The summed E-state index contributed by atoms with van der Waals surface area (Å²) in [5.41, 5.74) is -1.52. The number of benzene rings is 2. The van der Waals surface area contributed by atoms with Gasteiger partial charge < -0.3 is 107 Å². The maximum atomic E-state index is 15.1. The van der Waals surface area contributed by atoms with Crippen LogP contribution in [0.15, 0.2) is 12.1 Å². The maximum absolute atomic E-state index is 15.1. The van der Waals surface area contributed by atoms with E-state index in [1.165, 1.54) is 54.0 Å². The molecule has 26 nitrogen and oxygen atoms in total. The van der Waals surface area contributed by atoms with Gasteiger partial charge in [0.15, 0.2) is 48.9 Å². The second-order valence-corrected chi connectivity index (χ2v) is 23.6. The van der Waals surface area contributed by atoms with Crippen molar-refractivity contribution in [3.63, 3.8) is 0 Å². The number of carbonyl (C=O) groups excluding carboxylic acids is 4. The minimum absolute atomic E-state index is 0.0243. The summed E-state index contributed by atoms with van der Waals surface area (Å²) >= 11 is 0. The van der Waals surface area contributed by atoms with Crippen LogP contribution in [0, 0.1) is 18.8 Å². The minimum atomic E-state index is -1.96. The van der Waals surface area contributed by atoms with Crippen molar-refractivity contribution in [2.75, 3.05) is 20.8 Å². The number of aliphatic hydroxyl groups excluding tert-OH is 5. The van der Waals surface area contributed by atoms with Crippen molar-refractivity contribution in [1.29, 1.82) is 0 Å². The van der Waals surface area contributed by atoms with Crippen molar-refractivity contribution in [3.8, 4) is 17.2 Å². The highest BCUT2D eigenvalue weighted by atomic mass is 16.7. The van der Waals surface area contributed by atoms with Gasteiger partial charge >= 0.3 is 11.9 Å². The summed E-state index contributed by atoms with van der Waals surface area (Å²) in [4.78, 5) is 53.8. The van der Waals surface area contributed by atoms with Crippen molar-refractivity contribution in [2.24, 2.45) is 11.8 Å². The predicted molar refractivity (Wildman–Crippen MR) is 287 cm³/mol. The van der Waals surface area contributed by atoms with Gasteiger partial charge in [0.25, 0.3) is 0 Å². The Morgan fingerprint density at radius 2 is 1.33 bits per heavy atom. The van der Waals surface area contributed by atoms with Gasteiger partial charge in [-0.2, -0.15) is 0 Å². The smallest absolute Gasteiger partial charge is 0.308 e. The number of Topliss-reactive ketones (excluding diaryl/α,β-unsaturated/α-hetero) is 2. The van der Waals surface area contributed by atoms with E-state index >= 15 is 4.79 Å². The van der Waals surface area contributed by atoms with Crippen LogP contribution in [0.2, 0.25) is 0 Å². The number of hydrogen-bond acceptors (Lipinski definition) is 26. The molecular weight excluding hydrogens is 1110 g/mol. The van der Waals surface area contributed by atoms with Crippen LogP contribution < -0.4 is 4.74 Å². The van der Waals surface area contributed by atoms with E-state index in [-0.39, 0.29) is 78.3 Å². The molecule has 5 aliphatic heterocycles. The molecule has 0 bridgehead atoms. The van der Waals surface area contributed by atoms with E-state index in [0.29, 0.717) is 0 Å². The van der Waals surface area contributed by atoms with Gasteiger partial charge in [-0.1, -0.05) is 13.8 Å². The molecule has 6 aliphatic rings. The second kappa shape index (κ2) is 27.0. The number of ketones is 2. The lowest BCUT2D eigenvalue weighted by atomic mass is 9.75. The highest BCUT2D eigenvalue weighted by Crippen LogP contribution is 2.48. The summed E-state index contributed by atoms with van der Waals surface area (Å²) < 4.78 is 84.2. The summed E-state index contributed by atoms with van der Waals surface area (Å²) in [7, 11) is 2.64. The topological polar surface area (TPSA) is 359 Å². The average Bonchev–Trinajstić information content (AvgIpc) is 3.20. The number of carbonyl (C=O) groups is 4. The molecule has 8 N–H and O–H groups in total. The number of phenols is 2. The van der Waals surface area contributed by atoms with Gasteiger partial charge in [0, 0.05) is 64.7 Å². The number of methoxy groups -OCH3 is 2. The van der Waals surface area contributed by atoms with E-state index in [9.17, 15) is 55.2 Å². The molecule has 5 heterocycles. The van der Waals surface area contributed by atoms with E-state index in [1.54, 1.807) is 41.5 Å². The average molecular weight is 1200 g/mol. The molecule has 472 valence electrons. The van der Waals surface area contributed by atoms with E-state index in [2.05, 4.69) is 0 Å². The van der Waals surface area contributed by atoms with E-state index in [4.69, 9.17) is 66.3 Å². The van der Waals surface area contributed by atoms with Crippen molar-refractivity contribution in [1.82, 2.24) is 0 Å². The molecule has 26 heteroatoms. The lowest BCUT2D eigenvalue weighted by Gasteiger charge is -2.46. The summed E-state index contributed by atoms with van der Waals surface area (Å²) in [6.07, 6.45) is -24.8. The summed E-state index contributed by atoms with van der Waals surface area (Å²) in [6, 6.07) is 3.04. The summed E-state index contributed by atoms with van der Waals surface area (Å²) in [5, 5.41) is 90.0. The van der Waals surface area contributed by atoms with Gasteiger partial charge in [0.2, 0.25) is 6.29 Å². The number of phenolic OH excluding ortho intramolecular Hbond substituents is 2. The first kappa shape index (κ1) is 65.7. The zero-order valence-electron chi connectivity index (χ0n) is 49.4. The molecule has 5 saturated heterocycles. The molecule has 2 aromatic rings. The van der Waals surface area contributed by atoms with Gasteiger partial charge in [-0.3, -0.25) is 19.2 Å². The number of rotatable bonds is 19. The van der Waals surface area contributed by atoms with Crippen molar-refractivity contribution < 1.29 is 126 Å². The molecule has 5 fully saturated rings. The Morgan fingerprint density at radius 1 is 0.726 bits per heavy atom. The fraction of sp³-hybridized carbons (Fsp3) is 0.759. The first-order valence-corrected chi connectivity index (χ1v) is 28.7. The largest absolute Gasteiger partial charge is 0.507 e. The van der Waals surface area contributed by atoms with Crippen LogP contribution in [-0.2, 0) is 82.4 Å². The van der Waals surface area contributed by atoms with Gasteiger partial charge in [-0.15, -0.1) is 0 Å². The van der Waals surface area contributed by atoms with Gasteiger partial charge in [-0.25, -0.2) is 0 Å². The molecule has 1 aliphatic carbocycles. The maximum Gasteiger partial charge on any atom is 0.308 e. The molecule has 0 amide bonds. The lowest BCUT2D eigenvalue weighted by molar-refractivity contribution is -0.331. The van der Waals surface area contributed by atoms with Crippen LogP contribution in [0.3, 0.4) is 0 Å². The highest BCUT2D eigenvalue weighted by Gasteiger charge is 2.52. The van der Waals surface area contributed by atoms with Crippen molar-refractivity contribution >= 4 is 34.3 Å². The zero-order valence-corrected chi connectivity index (χ0v) is 49.4. The quantitative estimate of drug-likeness (QED) is 0.0930. The number of esters is 2. The molecule has 0 aromatic heterocycles. The fourth-order valence-electron chi connectivity index (χ4n) is 12.3. The Balaban J connectivity index is 1.02. The predicted octanol–water partition coefficient (Wildman–Crippen LogP) is 1.79. The van der Waals surface area contributed by atoms with Gasteiger partial charge in [-0.05, 0) is 78.0 Å². The lowest BCUT2D eigenvalue weighted by Crippen LogP contribution is -2.59. The molecule has 0 spiro atoms. The third-order valence-corrected chi connectivity index (χ3v) is 16.7. The first-order chi connectivity index (χ1) is 39.5. The zero-order chi connectivity index (χ0) is 61.5. The molecular formula is C58H84O26. The van der Waals surface area contributed by atoms with Crippen LogP contribution >= 0.6 is 0 Å². The Bertz CT molecular complexity index is 2630. The molecule has 2 aromatic carbocycles. The molecule has 0 radical (unpaired) electrons. The van der Waals surface area contributed by atoms with Gasteiger partial charge in [0.1, 0.15) is 65.6 Å². The van der Waals surface area contributed by atoms with E-state index in [0.717, 1.165) is 0 Å². The van der Waals surface area contributed by atoms with E-state index in [1.807, 2.05) is 0 Å². The fourth-order valence-corrected chi connectivity index (χ4v) is 12.3. The monoisotopic (exact) mass is 1200 g/mol. The molecule has 8 rings (SSSR count). The SMILES string of the molecule is COC(C(=O)C(O)C(C)O)C1Cc2cc3cc(OC4CC(OC5CC(O)C(OC)C(C)O5)C(OC(C)=O)C(C)O4)c(C)c(O)c3c(O)c2C(=O)C1OC1CC(OC2CC(OC3CC(C)(O)C(OC(=O)C(C)C)C(C)O3)C(O)C(C)O2)C(O)CO1. The number of aromatic hydroxyl groups is 2. The van der Waals surface area contributed by atoms with Gasteiger partial charge in [0.05, 0.1) is 72.3 Å². The number of hydrogen-bond donors (Lipinski definition) is 8. The molecule has 0 saturated carbocycles. The number of ether oxygens (including phenoxy) is 14. The van der Waals surface area contributed by atoms with Crippen LogP contribution in [-0.4, -0.2) is 226 Å². The molecule has 24 unspecified atom stereocenters. The number of aliphatic hydroxyl groups is 6. The van der Waals surface area contributed by atoms with E-state index < -0.39 is 188 Å². The van der Waals surface area contributed by atoms with Crippen molar-refractivity contribution in [2.45, 2.75) is 249 Å². The Hall–Kier alpha value is -4.30. The third-order valence-electron chi connectivity index (χ3n) is 16.7. The van der Waals surface area contributed by atoms with Crippen molar-refractivity contribution in [3.05, 3.63) is 28.8 Å².